The summed E-state index contributed by atoms with van der Waals surface area (Å²) in [6, 6.07) is 19.8. The lowest BCUT2D eigenvalue weighted by molar-refractivity contribution is -0.124. The first-order chi connectivity index (χ1) is 11.5. The predicted octanol–water partition coefficient (Wildman–Crippen LogP) is 2.29. The molecule has 24 heavy (non-hydrogen) atoms. The third-order valence-electron chi connectivity index (χ3n) is 4.16. The zero-order chi connectivity index (χ0) is 17.0. The summed E-state index contributed by atoms with van der Waals surface area (Å²) < 4.78 is 0. The SMILES string of the molecule is C[C@@]1(CN(Cc2ccccc2)Cc2ccccc2)NC(=O)NC1=O. The van der Waals surface area contributed by atoms with Gasteiger partial charge in [0.05, 0.1) is 0 Å². The van der Waals surface area contributed by atoms with Gasteiger partial charge >= 0.3 is 6.03 Å². The van der Waals surface area contributed by atoms with Crippen LogP contribution in [0.3, 0.4) is 0 Å². The fourth-order valence-electron chi connectivity index (χ4n) is 2.99. The van der Waals surface area contributed by atoms with Crippen LogP contribution in [-0.2, 0) is 17.9 Å². The molecule has 124 valence electrons. The van der Waals surface area contributed by atoms with Gasteiger partial charge in [-0.25, -0.2) is 4.79 Å². The van der Waals surface area contributed by atoms with Gasteiger partial charge in [0, 0.05) is 19.6 Å². The van der Waals surface area contributed by atoms with E-state index in [9.17, 15) is 9.59 Å². The molecule has 0 saturated carbocycles. The number of carbonyl (C=O) groups excluding carboxylic acids is 2. The van der Waals surface area contributed by atoms with Gasteiger partial charge in [0.2, 0.25) is 0 Å². The minimum Gasteiger partial charge on any atom is -0.322 e. The van der Waals surface area contributed by atoms with Gasteiger partial charge < -0.3 is 5.32 Å². The standard InChI is InChI=1S/C19H21N3O2/c1-19(17(23)20-18(24)21-19)14-22(12-15-8-4-2-5-9-15)13-16-10-6-3-7-11-16/h2-11H,12-14H2,1H3,(H2,20,21,23,24)/t19-/m0/s1. The summed E-state index contributed by atoms with van der Waals surface area (Å²) in [5.74, 6) is -0.279. The van der Waals surface area contributed by atoms with Crippen molar-refractivity contribution < 1.29 is 9.59 Å². The molecule has 1 aliphatic heterocycles. The van der Waals surface area contributed by atoms with E-state index in [1.807, 2.05) is 36.4 Å². The van der Waals surface area contributed by atoms with Crippen molar-refractivity contribution in [3.63, 3.8) is 0 Å². The largest absolute Gasteiger partial charge is 0.322 e. The number of benzene rings is 2. The lowest BCUT2D eigenvalue weighted by Gasteiger charge is -2.30. The zero-order valence-electron chi connectivity index (χ0n) is 13.7. The van der Waals surface area contributed by atoms with Gasteiger partial charge in [0.15, 0.2) is 0 Å². The van der Waals surface area contributed by atoms with E-state index in [0.29, 0.717) is 19.6 Å². The summed E-state index contributed by atoms with van der Waals surface area (Å²) in [4.78, 5) is 25.8. The van der Waals surface area contributed by atoms with Crippen LogP contribution < -0.4 is 10.6 Å². The Morgan fingerprint density at radius 3 is 1.79 bits per heavy atom. The molecule has 1 heterocycles. The fraction of sp³-hybridized carbons (Fsp3) is 0.263. The molecule has 0 radical (unpaired) electrons. The smallest absolute Gasteiger partial charge is 0.322 e. The quantitative estimate of drug-likeness (QED) is 0.802. The summed E-state index contributed by atoms with van der Waals surface area (Å²) in [6.07, 6.45) is 0. The molecule has 3 amide bonds. The third-order valence-corrected chi connectivity index (χ3v) is 4.16. The van der Waals surface area contributed by atoms with Gasteiger partial charge in [-0.05, 0) is 18.1 Å². The maximum Gasteiger partial charge on any atom is 0.322 e. The molecule has 1 fully saturated rings. The number of rotatable bonds is 6. The molecule has 2 aromatic rings. The Balaban J connectivity index is 1.79. The Hall–Kier alpha value is -2.66. The number of hydrogen-bond acceptors (Lipinski definition) is 3. The molecule has 3 rings (SSSR count). The maximum absolute atomic E-state index is 12.1. The van der Waals surface area contributed by atoms with Gasteiger partial charge in [0.25, 0.3) is 5.91 Å². The van der Waals surface area contributed by atoms with E-state index in [1.165, 1.54) is 11.1 Å². The lowest BCUT2D eigenvalue weighted by Crippen LogP contribution is -2.52. The molecule has 1 saturated heterocycles. The van der Waals surface area contributed by atoms with E-state index in [0.717, 1.165) is 0 Å². The molecule has 0 aliphatic carbocycles. The van der Waals surface area contributed by atoms with E-state index in [2.05, 4.69) is 39.8 Å². The highest BCUT2D eigenvalue weighted by Crippen LogP contribution is 2.17. The highest BCUT2D eigenvalue weighted by Gasteiger charge is 2.43. The van der Waals surface area contributed by atoms with Crippen LogP contribution in [0.5, 0.6) is 0 Å². The van der Waals surface area contributed by atoms with Crippen LogP contribution in [0.1, 0.15) is 18.1 Å². The molecule has 5 nitrogen and oxygen atoms in total. The first-order valence-electron chi connectivity index (χ1n) is 7.99. The Morgan fingerprint density at radius 1 is 0.875 bits per heavy atom. The lowest BCUT2D eigenvalue weighted by atomic mass is 10.0. The number of nitrogens with zero attached hydrogens (tertiary/aromatic N) is 1. The predicted molar refractivity (Wildman–Crippen MR) is 92.1 cm³/mol. The van der Waals surface area contributed by atoms with Crippen molar-refractivity contribution in [2.24, 2.45) is 0 Å². The second kappa shape index (κ2) is 6.84. The average molecular weight is 323 g/mol. The topological polar surface area (TPSA) is 61.4 Å². The Kier molecular flexibility index (Phi) is 4.62. The molecule has 2 aromatic carbocycles. The van der Waals surface area contributed by atoms with Crippen molar-refractivity contribution in [1.29, 1.82) is 0 Å². The maximum atomic E-state index is 12.1. The van der Waals surface area contributed by atoms with Crippen LogP contribution in [0.25, 0.3) is 0 Å². The molecule has 0 unspecified atom stereocenters. The molecular formula is C19H21N3O2. The fourth-order valence-corrected chi connectivity index (χ4v) is 2.99. The van der Waals surface area contributed by atoms with E-state index < -0.39 is 11.6 Å². The number of amides is 3. The van der Waals surface area contributed by atoms with Crippen molar-refractivity contribution in [1.82, 2.24) is 15.5 Å². The Labute approximate surface area is 141 Å². The molecule has 2 N–H and O–H groups in total. The first-order valence-corrected chi connectivity index (χ1v) is 7.99. The van der Waals surface area contributed by atoms with E-state index in [1.54, 1.807) is 6.92 Å². The van der Waals surface area contributed by atoms with Crippen molar-refractivity contribution in [2.75, 3.05) is 6.54 Å². The highest BCUT2D eigenvalue weighted by molar-refractivity contribution is 6.06. The average Bonchev–Trinajstić information content (AvgIpc) is 2.81. The Bertz CT molecular complexity index is 676. The normalized spacial score (nSPS) is 20.1. The summed E-state index contributed by atoms with van der Waals surface area (Å²) in [5, 5.41) is 5.07. The third kappa shape index (κ3) is 3.81. The van der Waals surface area contributed by atoms with Crippen LogP contribution in [0.4, 0.5) is 4.79 Å². The monoisotopic (exact) mass is 323 g/mol. The van der Waals surface area contributed by atoms with Gasteiger partial charge in [0.1, 0.15) is 5.54 Å². The minimum absolute atomic E-state index is 0.279. The zero-order valence-corrected chi connectivity index (χ0v) is 13.7. The van der Waals surface area contributed by atoms with E-state index in [4.69, 9.17) is 0 Å². The molecule has 5 heteroatoms. The second-order valence-electron chi connectivity index (χ2n) is 6.36. The van der Waals surface area contributed by atoms with Crippen molar-refractivity contribution in [3.8, 4) is 0 Å². The Morgan fingerprint density at radius 2 is 1.38 bits per heavy atom. The molecule has 1 atom stereocenters. The number of hydrogen-bond donors (Lipinski definition) is 2. The number of urea groups is 1. The molecule has 1 aliphatic rings. The molecule has 0 bridgehead atoms. The van der Waals surface area contributed by atoms with Crippen LogP contribution in [0, 0.1) is 0 Å². The molecule has 0 spiro atoms. The summed E-state index contributed by atoms with van der Waals surface area (Å²) >= 11 is 0. The van der Waals surface area contributed by atoms with Crippen molar-refractivity contribution in [3.05, 3.63) is 71.8 Å². The van der Waals surface area contributed by atoms with Crippen molar-refractivity contribution in [2.45, 2.75) is 25.6 Å². The molecular weight excluding hydrogens is 302 g/mol. The summed E-state index contributed by atoms with van der Waals surface area (Å²) in [5.41, 5.74) is 1.42. The summed E-state index contributed by atoms with van der Waals surface area (Å²) in [7, 11) is 0. The second-order valence-corrected chi connectivity index (χ2v) is 6.36. The van der Waals surface area contributed by atoms with Crippen LogP contribution in [-0.4, -0.2) is 28.9 Å². The summed E-state index contributed by atoms with van der Waals surface area (Å²) in [6.45, 7) is 3.60. The van der Waals surface area contributed by atoms with Gasteiger partial charge in [-0.1, -0.05) is 60.7 Å². The van der Waals surface area contributed by atoms with E-state index >= 15 is 0 Å². The van der Waals surface area contributed by atoms with Crippen LogP contribution in [0.15, 0.2) is 60.7 Å². The minimum atomic E-state index is -0.916. The van der Waals surface area contributed by atoms with Gasteiger partial charge in [-0.3, -0.25) is 15.0 Å². The number of nitrogens with one attached hydrogen (secondary N) is 2. The van der Waals surface area contributed by atoms with Crippen molar-refractivity contribution >= 4 is 11.9 Å². The number of carbonyl (C=O) groups is 2. The molecule has 0 aromatic heterocycles. The number of imide groups is 1. The van der Waals surface area contributed by atoms with Gasteiger partial charge in [-0.2, -0.15) is 0 Å². The first kappa shape index (κ1) is 16.2. The van der Waals surface area contributed by atoms with Crippen LogP contribution in [0.2, 0.25) is 0 Å². The van der Waals surface area contributed by atoms with E-state index in [-0.39, 0.29) is 5.91 Å². The highest BCUT2D eigenvalue weighted by atomic mass is 16.2. The van der Waals surface area contributed by atoms with Gasteiger partial charge in [-0.15, -0.1) is 0 Å². The van der Waals surface area contributed by atoms with Crippen LogP contribution >= 0.6 is 0 Å².